The van der Waals surface area contributed by atoms with Crippen LogP contribution in [0.3, 0.4) is 0 Å². The van der Waals surface area contributed by atoms with E-state index in [4.69, 9.17) is 15.0 Å². The van der Waals surface area contributed by atoms with Gasteiger partial charge in [0.2, 0.25) is 0 Å². The number of benzene rings is 4. The van der Waals surface area contributed by atoms with Crippen molar-refractivity contribution in [2.24, 2.45) is 0 Å². The van der Waals surface area contributed by atoms with Crippen LogP contribution in [0.25, 0.3) is 66.8 Å². The first-order valence-electron chi connectivity index (χ1n) is 15.3. The summed E-state index contributed by atoms with van der Waals surface area (Å²) >= 11 is 1.91. The molecule has 4 heterocycles. The standard InChI is InChI=1S/C40H23N5S/c1-4-14-29-25(11-1)26-12-2-5-15-30(26)40(29)31-20-19-24(23-28(31)35-27-13-3-6-18-34(27)46-36(35)40)37-43-38(32-16-7-9-21-41-32)45-39(44-37)33-17-8-10-22-42-33/h1-23H. The van der Waals surface area contributed by atoms with Crippen LogP contribution in [-0.4, -0.2) is 24.9 Å². The first-order chi connectivity index (χ1) is 22.8. The number of aromatic nitrogens is 5. The van der Waals surface area contributed by atoms with E-state index in [9.17, 15) is 0 Å². The molecule has 2 aliphatic rings. The average Bonchev–Trinajstić information content (AvgIpc) is 3.76. The Labute approximate surface area is 269 Å². The quantitative estimate of drug-likeness (QED) is 0.201. The monoisotopic (exact) mass is 605 g/mol. The summed E-state index contributed by atoms with van der Waals surface area (Å²) in [6.45, 7) is 0. The highest BCUT2D eigenvalue weighted by molar-refractivity contribution is 7.20. The van der Waals surface area contributed by atoms with Gasteiger partial charge in [-0.1, -0.05) is 91.0 Å². The van der Waals surface area contributed by atoms with Gasteiger partial charge in [0.15, 0.2) is 17.5 Å². The molecule has 0 aliphatic heterocycles. The fraction of sp³-hybridized carbons (Fsp3) is 0.0250. The number of pyridine rings is 2. The minimum Gasteiger partial charge on any atom is -0.253 e. The average molecular weight is 606 g/mol. The third kappa shape index (κ3) is 3.42. The van der Waals surface area contributed by atoms with Crippen LogP contribution in [0, 0.1) is 0 Å². The van der Waals surface area contributed by atoms with Crippen LogP contribution >= 0.6 is 11.3 Å². The zero-order chi connectivity index (χ0) is 30.2. The molecule has 0 fully saturated rings. The normalized spacial score (nSPS) is 13.4. The van der Waals surface area contributed by atoms with Gasteiger partial charge < -0.3 is 0 Å². The van der Waals surface area contributed by atoms with E-state index in [0.717, 1.165) is 5.56 Å². The molecule has 4 aromatic carbocycles. The third-order valence-electron chi connectivity index (χ3n) is 9.26. The molecule has 4 aromatic heterocycles. The van der Waals surface area contributed by atoms with E-state index in [1.165, 1.54) is 53.9 Å². The van der Waals surface area contributed by atoms with Crippen LogP contribution in [0.1, 0.15) is 21.6 Å². The molecular formula is C40H23N5S. The van der Waals surface area contributed by atoms with Gasteiger partial charge in [0.1, 0.15) is 11.4 Å². The molecule has 214 valence electrons. The lowest BCUT2D eigenvalue weighted by Crippen LogP contribution is -2.24. The number of hydrogen-bond donors (Lipinski definition) is 0. The van der Waals surface area contributed by atoms with E-state index < -0.39 is 5.41 Å². The van der Waals surface area contributed by atoms with Crippen molar-refractivity contribution < 1.29 is 0 Å². The van der Waals surface area contributed by atoms with Crippen molar-refractivity contribution in [1.29, 1.82) is 0 Å². The predicted octanol–water partition coefficient (Wildman–Crippen LogP) is 9.22. The fourth-order valence-corrected chi connectivity index (χ4v) is 8.86. The summed E-state index contributed by atoms with van der Waals surface area (Å²) in [5.74, 6) is 1.63. The Morgan fingerprint density at radius 1 is 0.478 bits per heavy atom. The van der Waals surface area contributed by atoms with Gasteiger partial charge in [0.25, 0.3) is 0 Å². The lowest BCUT2D eigenvalue weighted by molar-refractivity contribution is 0.811. The van der Waals surface area contributed by atoms with E-state index in [1.54, 1.807) is 12.4 Å². The molecule has 0 radical (unpaired) electrons. The molecule has 0 saturated heterocycles. The molecular weight excluding hydrogens is 583 g/mol. The molecule has 2 aliphatic carbocycles. The second-order valence-electron chi connectivity index (χ2n) is 11.6. The van der Waals surface area contributed by atoms with Crippen LogP contribution < -0.4 is 0 Å². The second kappa shape index (κ2) is 9.57. The van der Waals surface area contributed by atoms with Crippen LogP contribution in [0.4, 0.5) is 0 Å². The van der Waals surface area contributed by atoms with Crippen molar-refractivity contribution in [2.75, 3.05) is 0 Å². The largest absolute Gasteiger partial charge is 0.253 e. The SMILES string of the molecule is c1ccc(-c2nc(-c3ccc4c(c3)-c3c(sc5ccccc35)C43c4ccccc4-c4ccccc43)nc(-c3ccccn3)n2)nc1. The lowest BCUT2D eigenvalue weighted by atomic mass is 9.74. The van der Waals surface area contributed by atoms with Gasteiger partial charge >= 0.3 is 0 Å². The highest BCUT2D eigenvalue weighted by Gasteiger charge is 2.53. The Hall–Kier alpha value is -5.85. The molecule has 1 spiro atoms. The maximum Gasteiger partial charge on any atom is 0.182 e. The predicted molar refractivity (Wildman–Crippen MR) is 183 cm³/mol. The highest BCUT2D eigenvalue weighted by Crippen LogP contribution is 2.66. The van der Waals surface area contributed by atoms with Gasteiger partial charge in [-0.15, -0.1) is 11.3 Å². The van der Waals surface area contributed by atoms with Crippen molar-refractivity contribution >= 4 is 21.4 Å². The molecule has 0 atom stereocenters. The van der Waals surface area contributed by atoms with Gasteiger partial charge in [-0.05, 0) is 69.8 Å². The minimum atomic E-state index is -0.391. The van der Waals surface area contributed by atoms with E-state index in [0.29, 0.717) is 28.9 Å². The van der Waals surface area contributed by atoms with Crippen LogP contribution in [0.15, 0.2) is 140 Å². The minimum absolute atomic E-state index is 0.391. The Morgan fingerprint density at radius 2 is 1.04 bits per heavy atom. The second-order valence-corrected chi connectivity index (χ2v) is 12.7. The van der Waals surface area contributed by atoms with Gasteiger partial charge in [0, 0.05) is 38.5 Å². The molecule has 0 unspecified atom stereocenters. The summed E-state index contributed by atoms with van der Waals surface area (Å²) in [6.07, 6.45) is 3.52. The maximum absolute atomic E-state index is 4.98. The van der Waals surface area contributed by atoms with Gasteiger partial charge in [0.05, 0.1) is 5.41 Å². The summed E-state index contributed by atoms with van der Waals surface area (Å²) in [4.78, 5) is 25.2. The Kier molecular flexibility index (Phi) is 5.30. The summed E-state index contributed by atoms with van der Waals surface area (Å²) in [6, 6.07) is 44.9. The Morgan fingerprint density at radius 3 is 1.70 bits per heavy atom. The molecule has 8 aromatic rings. The number of thiophene rings is 1. The highest BCUT2D eigenvalue weighted by atomic mass is 32.1. The number of rotatable bonds is 3. The molecule has 0 amide bonds. The topological polar surface area (TPSA) is 64.5 Å². The zero-order valence-corrected chi connectivity index (χ0v) is 25.2. The molecule has 46 heavy (non-hydrogen) atoms. The molecule has 10 rings (SSSR count). The van der Waals surface area contributed by atoms with Crippen molar-refractivity contribution in [2.45, 2.75) is 5.41 Å². The Balaban J connectivity index is 1.26. The molecule has 6 heteroatoms. The summed E-state index contributed by atoms with van der Waals surface area (Å²) < 4.78 is 1.29. The fourth-order valence-electron chi connectivity index (χ4n) is 7.41. The lowest BCUT2D eigenvalue weighted by Gasteiger charge is -2.29. The van der Waals surface area contributed by atoms with Crippen LogP contribution in [0.2, 0.25) is 0 Å². The van der Waals surface area contributed by atoms with E-state index >= 15 is 0 Å². The van der Waals surface area contributed by atoms with Gasteiger partial charge in [-0.3, -0.25) is 9.97 Å². The van der Waals surface area contributed by atoms with E-state index in [-0.39, 0.29) is 0 Å². The first-order valence-corrected chi connectivity index (χ1v) is 16.1. The smallest absolute Gasteiger partial charge is 0.182 e. The maximum atomic E-state index is 4.98. The molecule has 0 bridgehead atoms. The van der Waals surface area contributed by atoms with Crippen molar-refractivity contribution in [3.63, 3.8) is 0 Å². The molecule has 0 saturated carbocycles. The van der Waals surface area contributed by atoms with Crippen LogP contribution in [-0.2, 0) is 5.41 Å². The summed E-state index contributed by atoms with van der Waals surface area (Å²) in [7, 11) is 0. The Bertz CT molecular complexity index is 2380. The number of hydrogen-bond acceptors (Lipinski definition) is 6. The van der Waals surface area contributed by atoms with Crippen molar-refractivity contribution in [3.05, 3.63) is 161 Å². The van der Waals surface area contributed by atoms with Crippen molar-refractivity contribution in [1.82, 2.24) is 24.9 Å². The number of nitrogens with zero attached hydrogens (tertiary/aromatic N) is 5. The van der Waals surface area contributed by atoms with E-state index in [1.807, 2.05) is 47.7 Å². The summed E-state index contributed by atoms with van der Waals surface area (Å²) in [5, 5.41) is 1.28. The summed E-state index contributed by atoms with van der Waals surface area (Å²) in [5.41, 5.74) is 11.0. The number of fused-ring (bicyclic) bond motifs is 12. The van der Waals surface area contributed by atoms with Crippen molar-refractivity contribution in [3.8, 4) is 56.7 Å². The van der Waals surface area contributed by atoms with Crippen LogP contribution in [0.5, 0.6) is 0 Å². The zero-order valence-electron chi connectivity index (χ0n) is 24.4. The molecule has 0 N–H and O–H groups in total. The van der Waals surface area contributed by atoms with E-state index in [2.05, 4.69) is 101 Å². The van der Waals surface area contributed by atoms with Gasteiger partial charge in [-0.25, -0.2) is 15.0 Å². The molecule has 5 nitrogen and oxygen atoms in total. The first kappa shape index (κ1) is 25.5. The third-order valence-corrected chi connectivity index (χ3v) is 10.6. The van der Waals surface area contributed by atoms with Gasteiger partial charge in [-0.2, -0.15) is 0 Å².